The van der Waals surface area contributed by atoms with E-state index in [1.165, 1.54) is 37.1 Å². The quantitative estimate of drug-likeness (QED) is 0.312. The van der Waals surface area contributed by atoms with Crippen molar-refractivity contribution in [3.8, 4) is 0 Å². The Morgan fingerprint density at radius 3 is 2.47 bits per heavy atom. The molecule has 3 rings (SSSR count). The fourth-order valence-electron chi connectivity index (χ4n) is 3.79. The second kappa shape index (κ2) is 12.9. The molecule has 0 unspecified atom stereocenters. The number of ether oxygens (including phenoxy) is 1. The topological polar surface area (TPSA) is 52.1 Å². The van der Waals surface area contributed by atoms with Crippen LogP contribution in [0.15, 0.2) is 29.3 Å². The summed E-state index contributed by atoms with van der Waals surface area (Å²) in [5.74, 6) is 1.73. The van der Waals surface area contributed by atoms with Crippen LogP contribution in [-0.4, -0.2) is 74.8 Å². The predicted octanol–water partition coefficient (Wildman–Crippen LogP) is 2.70. The molecule has 0 spiro atoms. The van der Waals surface area contributed by atoms with E-state index in [1.807, 2.05) is 0 Å². The fourth-order valence-corrected chi connectivity index (χ4v) is 3.79. The fraction of sp³-hybridized carbons (Fsp3) is 0.708. The number of hydrogen-bond acceptors (Lipinski definition) is 4. The maximum absolute atomic E-state index is 5.72. The van der Waals surface area contributed by atoms with E-state index in [2.05, 4.69) is 58.5 Å². The molecule has 0 bridgehead atoms. The smallest absolute Gasteiger partial charge is 0.191 e. The van der Waals surface area contributed by atoms with E-state index in [-0.39, 0.29) is 0 Å². The van der Waals surface area contributed by atoms with Crippen LogP contribution < -0.4 is 10.6 Å². The Morgan fingerprint density at radius 2 is 1.77 bits per heavy atom. The van der Waals surface area contributed by atoms with Crippen molar-refractivity contribution in [2.75, 3.05) is 59.0 Å². The lowest BCUT2D eigenvalue weighted by molar-refractivity contribution is 0.123. The molecule has 6 heteroatoms. The van der Waals surface area contributed by atoms with Crippen molar-refractivity contribution in [3.05, 3.63) is 35.4 Å². The van der Waals surface area contributed by atoms with E-state index < -0.39 is 0 Å². The number of nitrogens with one attached hydrogen (secondary N) is 2. The summed E-state index contributed by atoms with van der Waals surface area (Å²) >= 11 is 0. The van der Waals surface area contributed by atoms with Crippen molar-refractivity contribution in [1.82, 2.24) is 20.4 Å². The summed E-state index contributed by atoms with van der Waals surface area (Å²) in [7, 11) is 0. The Kier molecular flexibility index (Phi) is 9.93. The first-order valence-electron chi connectivity index (χ1n) is 11.9. The summed E-state index contributed by atoms with van der Waals surface area (Å²) in [6, 6.07) is 8.75. The molecular formula is C24H41N5O. The zero-order valence-electron chi connectivity index (χ0n) is 19.0. The number of nitrogens with zero attached hydrogens (tertiary/aromatic N) is 3. The van der Waals surface area contributed by atoms with E-state index in [1.54, 1.807) is 0 Å². The van der Waals surface area contributed by atoms with Gasteiger partial charge in [-0.2, -0.15) is 0 Å². The van der Waals surface area contributed by atoms with Crippen LogP contribution in [0.2, 0.25) is 0 Å². The molecule has 0 aromatic heterocycles. The Labute approximate surface area is 183 Å². The van der Waals surface area contributed by atoms with Gasteiger partial charge in [0.05, 0.1) is 6.54 Å². The molecule has 1 aliphatic heterocycles. The Morgan fingerprint density at radius 1 is 1.03 bits per heavy atom. The van der Waals surface area contributed by atoms with E-state index >= 15 is 0 Å². The summed E-state index contributed by atoms with van der Waals surface area (Å²) in [6.07, 6.45) is 3.72. The van der Waals surface area contributed by atoms with Gasteiger partial charge in [-0.1, -0.05) is 31.2 Å². The van der Waals surface area contributed by atoms with Gasteiger partial charge in [0, 0.05) is 59.0 Å². The molecule has 2 fully saturated rings. The maximum Gasteiger partial charge on any atom is 0.191 e. The molecule has 1 aromatic carbocycles. The minimum atomic E-state index is 0.707. The monoisotopic (exact) mass is 415 g/mol. The third-order valence-electron chi connectivity index (χ3n) is 5.98. The van der Waals surface area contributed by atoms with Crippen LogP contribution in [0.4, 0.5) is 0 Å². The van der Waals surface area contributed by atoms with Crippen LogP contribution >= 0.6 is 0 Å². The highest BCUT2D eigenvalue weighted by atomic mass is 16.5. The molecule has 6 nitrogen and oxygen atoms in total. The van der Waals surface area contributed by atoms with Gasteiger partial charge < -0.3 is 20.3 Å². The molecule has 30 heavy (non-hydrogen) atoms. The largest absolute Gasteiger partial charge is 0.381 e. The molecule has 168 valence electrons. The molecule has 1 aliphatic carbocycles. The third-order valence-corrected chi connectivity index (χ3v) is 5.98. The molecule has 1 heterocycles. The maximum atomic E-state index is 5.72. The zero-order valence-corrected chi connectivity index (χ0v) is 19.0. The minimum Gasteiger partial charge on any atom is -0.381 e. The van der Waals surface area contributed by atoms with Crippen molar-refractivity contribution in [3.63, 3.8) is 0 Å². The van der Waals surface area contributed by atoms with Crippen LogP contribution in [0.25, 0.3) is 0 Å². The summed E-state index contributed by atoms with van der Waals surface area (Å²) in [6.45, 7) is 15.4. The number of benzene rings is 1. The Bertz CT molecular complexity index is 638. The highest BCUT2D eigenvalue weighted by molar-refractivity contribution is 5.79. The standard InChI is InChI=1S/C24H41N5O/c1-3-25-24(26-12-7-17-30-20-21-10-11-21)27-18-22-8-5-6-9-23(22)19-29-15-13-28(4-2)14-16-29/h5-6,8-9,21H,3-4,7,10-20H2,1-2H3,(H2,25,26,27). The number of hydrogen-bond donors (Lipinski definition) is 2. The van der Waals surface area contributed by atoms with Gasteiger partial charge in [0.25, 0.3) is 0 Å². The highest BCUT2D eigenvalue weighted by Gasteiger charge is 2.20. The average Bonchev–Trinajstić information content (AvgIpc) is 3.60. The van der Waals surface area contributed by atoms with Crippen molar-refractivity contribution in [2.24, 2.45) is 10.9 Å². The molecule has 2 aliphatic rings. The number of piperazine rings is 1. The lowest BCUT2D eigenvalue weighted by Crippen LogP contribution is -2.45. The Hall–Kier alpha value is -1.63. The first-order valence-corrected chi connectivity index (χ1v) is 11.9. The second-order valence-electron chi connectivity index (χ2n) is 8.47. The van der Waals surface area contributed by atoms with Gasteiger partial charge in [-0.25, -0.2) is 4.99 Å². The normalized spacial score (nSPS) is 18.5. The average molecular weight is 416 g/mol. The van der Waals surface area contributed by atoms with Crippen LogP contribution in [0.5, 0.6) is 0 Å². The molecule has 0 atom stereocenters. The van der Waals surface area contributed by atoms with Crippen molar-refractivity contribution >= 4 is 5.96 Å². The highest BCUT2D eigenvalue weighted by Crippen LogP contribution is 2.28. The third kappa shape index (κ3) is 8.25. The molecular weight excluding hydrogens is 374 g/mol. The lowest BCUT2D eigenvalue weighted by atomic mass is 10.1. The van der Waals surface area contributed by atoms with E-state index in [0.717, 1.165) is 70.8 Å². The van der Waals surface area contributed by atoms with Gasteiger partial charge in [-0.05, 0) is 49.8 Å². The van der Waals surface area contributed by atoms with Gasteiger partial charge in [-0.3, -0.25) is 4.90 Å². The van der Waals surface area contributed by atoms with Gasteiger partial charge in [-0.15, -0.1) is 0 Å². The molecule has 1 saturated carbocycles. The van der Waals surface area contributed by atoms with Gasteiger partial charge in [0.2, 0.25) is 0 Å². The molecule has 1 saturated heterocycles. The number of guanidine groups is 1. The minimum absolute atomic E-state index is 0.707. The van der Waals surface area contributed by atoms with Crippen LogP contribution in [-0.2, 0) is 17.8 Å². The SMILES string of the molecule is CCNC(=NCc1ccccc1CN1CCN(CC)CC1)NCCCOCC1CC1. The zero-order chi connectivity index (χ0) is 21.0. The van der Waals surface area contributed by atoms with E-state index in [9.17, 15) is 0 Å². The first kappa shape index (κ1) is 23.0. The second-order valence-corrected chi connectivity index (χ2v) is 8.47. The van der Waals surface area contributed by atoms with Gasteiger partial charge in [0.1, 0.15) is 0 Å². The van der Waals surface area contributed by atoms with E-state index in [4.69, 9.17) is 9.73 Å². The van der Waals surface area contributed by atoms with Crippen molar-refractivity contribution in [1.29, 1.82) is 0 Å². The lowest BCUT2D eigenvalue weighted by Gasteiger charge is -2.34. The van der Waals surface area contributed by atoms with Crippen LogP contribution in [0.1, 0.15) is 44.2 Å². The van der Waals surface area contributed by atoms with E-state index in [0.29, 0.717) is 6.54 Å². The van der Waals surface area contributed by atoms with Crippen molar-refractivity contribution in [2.45, 2.75) is 46.2 Å². The predicted molar refractivity (Wildman–Crippen MR) is 125 cm³/mol. The van der Waals surface area contributed by atoms with Crippen LogP contribution in [0.3, 0.4) is 0 Å². The molecule has 1 aromatic rings. The van der Waals surface area contributed by atoms with Gasteiger partial charge in [0.15, 0.2) is 5.96 Å². The number of aliphatic imine (C=N–C) groups is 1. The molecule has 0 amide bonds. The van der Waals surface area contributed by atoms with Gasteiger partial charge >= 0.3 is 0 Å². The summed E-state index contributed by atoms with van der Waals surface area (Å²) < 4.78 is 5.72. The summed E-state index contributed by atoms with van der Waals surface area (Å²) in [5.41, 5.74) is 2.72. The Balaban J connectivity index is 1.45. The summed E-state index contributed by atoms with van der Waals surface area (Å²) in [4.78, 5) is 9.94. The molecule has 0 radical (unpaired) electrons. The summed E-state index contributed by atoms with van der Waals surface area (Å²) in [5, 5.41) is 6.82. The number of likely N-dealkylation sites (N-methyl/N-ethyl adjacent to an activating group) is 1. The van der Waals surface area contributed by atoms with Crippen molar-refractivity contribution < 1.29 is 4.74 Å². The van der Waals surface area contributed by atoms with Crippen LogP contribution in [0, 0.1) is 5.92 Å². The first-order chi connectivity index (χ1) is 14.8. The molecule has 2 N–H and O–H groups in total. The number of rotatable bonds is 12.